The molecule has 0 radical (unpaired) electrons. The molecule has 0 saturated heterocycles. The number of methoxy groups -OCH3 is 1. The number of urea groups is 1. The molecule has 0 unspecified atom stereocenters. The van der Waals surface area contributed by atoms with Crippen LogP contribution >= 0.6 is 0 Å². The zero-order valence-corrected chi connectivity index (χ0v) is 26.1. The summed E-state index contributed by atoms with van der Waals surface area (Å²) in [5.41, 5.74) is 5.23. The lowest BCUT2D eigenvalue weighted by atomic mass is 9.97. The van der Waals surface area contributed by atoms with Crippen LogP contribution in [0.15, 0.2) is 66.7 Å². The van der Waals surface area contributed by atoms with Crippen LogP contribution < -0.4 is 25.4 Å². The SMILES string of the molecule is CCC(CC)NC(=O)Nc1ccc(Oc2ccc(NC(=O)c3ccc(C4=CCN(C(C)C)CC4)cc3)cc2C)c(OC)c1. The van der Waals surface area contributed by atoms with Crippen LogP contribution in [0.25, 0.3) is 5.57 Å². The van der Waals surface area contributed by atoms with Crippen molar-refractivity contribution < 1.29 is 19.1 Å². The summed E-state index contributed by atoms with van der Waals surface area (Å²) in [5.74, 6) is 1.46. The van der Waals surface area contributed by atoms with Crippen molar-refractivity contribution in [3.05, 3.63) is 83.4 Å². The van der Waals surface area contributed by atoms with Crippen molar-refractivity contribution in [2.24, 2.45) is 0 Å². The lowest BCUT2D eigenvalue weighted by Crippen LogP contribution is -2.37. The van der Waals surface area contributed by atoms with Gasteiger partial charge in [-0.1, -0.05) is 32.1 Å². The molecule has 8 heteroatoms. The van der Waals surface area contributed by atoms with Crippen LogP contribution in [0.5, 0.6) is 17.2 Å². The average molecular weight is 585 g/mol. The van der Waals surface area contributed by atoms with Crippen molar-refractivity contribution in [3.8, 4) is 17.2 Å². The average Bonchev–Trinajstić information content (AvgIpc) is 3.01. The molecule has 8 nitrogen and oxygen atoms in total. The molecule has 3 aromatic rings. The van der Waals surface area contributed by atoms with Gasteiger partial charge in [0.15, 0.2) is 11.5 Å². The Morgan fingerprint density at radius 3 is 2.14 bits per heavy atom. The molecule has 1 aliphatic heterocycles. The third-order valence-corrected chi connectivity index (χ3v) is 7.88. The molecular formula is C35H44N4O4. The summed E-state index contributed by atoms with van der Waals surface area (Å²) in [6.45, 7) is 12.5. The van der Waals surface area contributed by atoms with Gasteiger partial charge in [-0.25, -0.2) is 4.79 Å². The van der Waals surface area contributed by atoms with Gasteiger partial charge in [0.2, 0.25) is 0 Å². The topological polar surface area (TPSA) is 91.9 Å². The maximum atomic E-state index is 13.0. The number of carbonyl (C=O) groups is 2. The largest absolute Gasteiger partial charge is 0.493 e. The summed E-state index contributed by atoms with van der Waals surface area (Å²) >= 11 is 0. The summed E-state index contributed by atoms with van der Waals surface area (Å²) in [5, 5.41) is 8.80. The highest BCUT2D eigenvalue weighted by Crippen LogP contribution is 2.36. The first-order valence-corrected chi connectivity index (χ1v) is 15.1. The van der Waals surface area contributed by atoms with Crippen molar-refractivity contribution in [2.75, 3.05) is 30.8 Å². The predicted molar refractivity (Wildman–Crippen MR) is 174 cm³/mol. The van der Waals surface area contributed by atoms with Crippen molar-refractivity contribution in [3.63, 3.8) is 0 Å². The number of aryl methyl sites for hydroxylation is 1. The van der Waals surface area contributed by atoms with Crippen LogP contribution in [-0.4, -0.2) is 49.1 Å². The van der Waals surface area contributed by atoms with Gasteiger partial charge < -0.3 is 25.4 Å². The summed E-state index contributed by atoms with van der Waals surface area (Å²) < 4.78 is 11.7. The minimum absolute atomic E-state index is 0.126. The first-order valence-electron chi connectivity index (χ1n) is 15.1. The quantitative estimate of drug-likeness (QED) is 0.213. The highest BCUT2D eigenvalue weighted by Gasteiger charge is 2.16. The van der Waals surface area contributed by atoms with E-state index >= 15 is 0 Å². The Labute approximate surface area is 255 Å². The summed E-state index contributed by atoms with van der Waals surface area (Å²) in [7, 11) is 1.56. The van der Waals surface area contributed by atoms with Gasteiger partial charge in [0.25, 0.3) is 5.91 Å². The zero-order chi connectivity index (χ0) is 30.9. The standard InChI is InChI=1S/C35H44N4O4/c1-7-28(8-2)37-35(41)38-30-14-16-32(33(22-30)42-6)43-31-15-13-29(21-24(31)5)36-34(40)27-11-9-25(10-12-27)26-17-19-39(20-18-26)23(3)4/h9-17,21-23,28H,7-8,18-20H2,1-6H3,(H,36,40)(H2,37,38,41). The smallest absolute Gasteiger partial charge is 0.319 e. The van der Waals surface area contributed by atoms with E-state index in [4.69, 9.17) is 9.47 Å². The first kappa shape index (κ1) is 31.6. The second-order valence-electron chi connectivity index (χ2n) is 11.2. The van der Waals surface area contributed by atoms with Gasteiger partial charge in [-0.05, 0) is 99.2 Å². The number of nitrogens with one attached hydrogen (secondary N) is 3. The van der Waals surface area contributed by atoms with Gasteiger partial charge in [-0.2, -0.15) is 0 Å². The third kappa shape index (κ3) is 8.38. The fraction of sp³-hybridized carbons (Fsp3) is 0.371. The molecule has 43 heavy (non-hydrogen) atoms. The molecule has 0 atom stereocenters. The molecule has 1 aliphatic rings. The molecule has 0 aromatic heterocycles. The predicted octanol–water partition coefficient (Wildman–Crippen LogP) is 7.86. The normalized spacial score (nSPS) is 13.4. The van der Waals surface area contributed by atoms with Crippen LogP contribution in [0, 0.1) is 6.92 Å². The Hall–Kier alpha value is -4.30. The van der Waals surface area contributed by atoms with E-state index in [0.29, 0.717) is 40.2 Å². The van der Waals surface area contributed by atoms with Gasteiger partial charge in [-0.3, -0.25) is 9.69 Å². The number of nitrogens with zero attached hydrogens (tertiary/aromatic N) is 1. The number of anilines is 2. The molecule has 228 valence electrons. The van der Waals surface area contributed by atoms with E-state index in [9.17, 15) is 9.59 Å². The molecule has 0 saturated carbocycles. The summed E-state index contributed by atoms with van der Waals surface area (Å²) in [4.78, 5) is 27.8. The molecule has 3 aromatic carbocycles. The van der Waals surface area contributed by atoms with E-state index < -0.39 is 0 Å². The van der Waals surface area contributed by atoms with Gasteiger partial charge >= 0.3 is 6.03 Å². The fourth-order valence-corrected chi connectivity index (χ4v) is 5.09. The Morgan fingerprint density at radius 2 is 1.56 bits per heavy atom. The molecule has 3 amide bonds. The van der Waals surface area contributed by atoms with Crippen molar-refractivity contribution in [1.82, 2.24) is 10.2 Å². The third-order valence-electron chi connectivity index (χ3n) is 7.88. The molecule has 3 N–H and O–H groups in total. The fourth-order valence-electron chi connectivity index (χ4n) is 5.09. The molecule has 4 rings (SSSR count). The van der Waals surface area contributed by atoms with Crippen molar-refractivity contribution in [2.45, 2.75) is 66.0 Å². The zero-order valence-electron chi connectivity index (χ0n) is 26.1. The number of benzene rings is 3. The van der Waals surface area contributed by atoms with Crippen LogP contribution in [0.2, 0.25) is 0 Å². The maximum absolute atomic E-state index is 13.0. The molecular weight excluding hydrogens is 540 g/mol. The minimum Gasteiger partial charge on any atom is -0.493 e. The van der Waals surface area contributed by atoms with Gasteiger partial charge in [0, 0.05) is 48.2 Å². The molecule has 1 heterocycles. The van der Waals surface area contributed by atoms with Crippen molar-refractivity contribution >= 4 is 28.9 Å². The highest BCUT2D eigenvalue weighted by atomic mass is 16.5. The molecule has 0 spiro atoms. The molecule has 0 bridgehead atoms. The number of amides is 3. The van der Waals surface area contributed by atoms with E-state index in [-0.39, 0.29) is 18.0 Å². The van der Waals surface area contributed by atoms with E-state index in [1.54, 1.807) is 25.3 Å². The van der Waals surface area contributed by atoms with Crippen LogP contribution in [-0.2, 0) is 0 Å². The van der Waals surface area contributed by atoms with Crippen molar-refractivity contribution in [1.29, 1.82) is 0 Å². The summed E-state index contributed by atoms with van der Waals surface area (Å²) in [6.07, 6.45) is 5.04. The number of hydrogen-bond donors (Lipinski definition) is 3. The number of hydrogen-bond acceptors (Lipinski definition) is 5. The van der Waals surface area contributed by atoms with E-state index in [2.05, 4.69) is 40.8 Å². The van der Waals surface area contributed by atoms with Crippen LogP contribution in [0.1, 0.15) is 68.4 Å². The second-order valence-corrected chi connectivity index (χ2v) is 11.2. The Kier molecular flexibility index (Phi) is 10.8. The number of carbonyl (C=O) groups excluding carboxylic acids is 2. The van der Waals surface area contributed by atoms with Gasteiger partial charge in [-0.15, -0.1) is 0 Å². The van der Waals surface area contributed by atoms with Gasteiger partial charge in [0.05, 0.1) is 7.11 Å². The highest BCUT2D eigenvalue weighted by molar-refractivity contribution is 6.04. The Morgan fingerprint density at radius 1 is 0.884 bits per heavy atom. The monoisotopic (exact) mass is 584 g/mol. The minimum atomic E-state index is -0.256. The summed E-state index contributed by atoms with van der Waals surface area (Å²) in [6, 6.07) is 19.0. The first-order chi connectivity index (χ1) is 20.7. The Balaban J connectivity index is 1.37. The van der Waals surface area contributed by atoms with E-state index in [1.165, 1.54) is 11.1 Å². The lowest BCUT2D eigenvalue weighted by molar-refractivity contribution is 0.102. The van der Waals surface area contributed by atoms with Crippen LogP contribution in [0.3, 0.4) is 0 Å². The number of rotatable bonds is 11. The van der Waals surface area contributed by atoms with Crippen LogP contribution in [0.4, 0.5) is 16.2 Å². The second kappa shape index (κ2) is 14.7. The molecule has 0 aliphatic carbocycles. The van der Waals surface area contributed by atoms with Gasteiger partial charge in [0.1, 0.15) is 5.75 Å². The molecule has 0 fully saturated rings. The maximum Gasteiger partial charge on any atom is 0.319 e. The Bertz CT molecular complexity index is 1440. The van der Waals surface area contributed by atoms with E-state index in [1.807, 2.05) is 63.2 Å². The lowest BCUT2D eigenvalue weighted by Gasteiger charge is -2.29. The van der Waals surface area contributed by atoms with E-state index in [0.717, 1.165) is 37.9 Å². The number of ether oxygens (including phenoxy) is 2.